The van der Waals surface area contributed by atoms with Gasteiger partial charge >= 0.3 is 5.97 Å². The Morgan fingerprint density at radius 2 is 2.08 bits per heavy atom. The number of nitrogens with zero attached hydrogens (tertiary/aromatic N) is 4. The summed E-state index contributed by atoms with van der Waals surface area (Å²) in [5.41, 5.74) is 1.52. The summed E-state index contributed by atoms with van der Waals surface area (Å²) in [6.45, 7) is 2.03. The summed E-state index contributed by atoms with van der Waals surface area (Å²) >= 11 is 0. The molecule has 0 amide bonds. The highest BCUT2D eigenvalue weighted by Crippen LogP contribution is 2.22. The number of nitrogens with one attached hydrogen (secondary N) is 1. The van der Waals surface area contributed by atoms with Crippen LogP contribution in [0.2, 0.25) is 0 Å². The van der Waals surface area contributed by atoms with E-state index in [9.17, 15) is 9.90 Å². The number of carbonyl (C=O) groups is 1. The zero-order valence-electron chi connectivity index (χ0n) is 13.4. The van der Waals surface area contributed by atoms with Crippen LogP contribution in [0.3, 0.4) is 0 Å². The summed E-state index contributed by atoms with van der Waals surface area (Å²) in [4.78, 5) is 19.9. The molecule has 0 aliphatic carbocycles. The van der Waals surface area contributed by atoms with Crippen LogP contribution in [0.1, 0.15) is 26.2 Å². The lowest BCUT2D eigenvalue weighted by Crippen LogP contribution is -2.29. The third-order valence-corrected chi connectivity index (χ3v) is 3.82. The lowest BCUT2D eigenvalue weighted by atomic mass is 10.1. The SMILES string of the molecule is CCCCC(Nc1ncnc2c1cnn2-c1ccccc1)C(=O)O. The van der Waals surface area contributed by atoms with Gasteiger partial charge in [-0.15, -0.1) is 0 Å². The minimum absolute atomic E-state index is 0.491. The predicted octanol–water partition coefficient (Wildman–Crippen LogP) is 2.87. The fourth-order valence-electron chi connectivity index (χ4n) is 2.55. The van der Waals surface area contributed by atoms with Gasteiger partial charge in [-0.2, -0.15) is 5.10 Å². The molecule has 1 aromatic carbocycles. The molecule has 0 aliphatic heterocycles. The van der Waals surface area contributed by atoms with E-state index < -0.39 is 12.0 Å². The van der Waals surface area contributed by atoms with E-state index in [0.29, 0.717) is 23.3 Å². The fraction of sp³-hybridized carbons (Fsp3) is 0.294. The molecule has 0 radical (unpaired) electrons. The highest BCUT2D eigenvalue weighted by molar-refractivity contribution is 5.89. The zero-order chi connectivity index (χ0) is 16.9. The molecule has 7 nitrogen and oxygen atoms in total. The molecule has 24 heavy (non-hydrogen) atoms. The van der Waals surface area contributed by atoms with Gasteiger partial charge in [0.25, 0.3) is 0 Å². The van der Waals surface area contributed by atoms with Crippen LogP contribution in [0.4, 0.5) is 5.82 Å². The number of aromatic nitrogens is 4. The van der Waals surface area contributed by atoms with Crippen LogP contribution in [0, 0.1) is 0 Å². The van der Waals surface area contributed by atoms with Crippen molar-refractivity contribution in [3.8, 4) is 5.69 Å². The van der Waals surface area contributed by atoms with Crippen molar-refractivity contribution in [3.05, 3.63) is 42.9 Å². The first-order valence-corrected chi connectivity index (χ1v) is 7.94. The van der Waals surface area contributed by atoms with Gasteiger partial charge in [0.2, 0.25) is 0 Å². The summed E-state index contributed by atoms with van der Waals surface area (Å²) in [7, 11) is 0. The van der Waals surface area contributed by atoms with E-state index in [1.807, 2.05) is 37.3 Å². The number of fused-ring (bicyclic) bond motifs is 1. The Morgan fingerprint density at radius 1 is 1.29 bits per heavy atom. The van der Waals surface area contributed by atoms with Gasteiger partial charge in [0, 0.05) is 0 Å². The largest absolute Gasteiger partial charge is 0.480 e. The number of aliphatic carboxylic acids is 1. The van der Waals surface area contributed by atoms with Crippen LogP contribution in [0.25, 0.3) is 16.7 Å². The molecule has 1 unspecified atom stereocenters. The van der Waals surface area contributed by atoms with E-state index in [0.717, 1.165) is 18.5 Å². The minimum atomic E-state index is -0.884. The van der Waals surface area contributed by atoms with E-state index in [2.05, 4.69) is 20.4 Å². The first-order valence-electron chi connectivity index (χ1n) is 7.94. The third-order valence-electron chi connectivity index (χ3n) is 3.82. The van der Waals surface area contributed by atoms with Crippen molar-refractivity contribution in [2.75, 3.05) is 5.32 Å². The average molecular weight is 325 g/mol. The van der Waals surface area contributed by atoms with Crippen LogP contribution < -0.4 is 5.32 Å². The third kappa shape index (κ3) is 3.19. The highest BCUT2D eigenvalue weighted by atomic mass is 16.4. The Balaban J connectivity index is 1.95. The second kappa shape index (κ2) is 7.08. The Kier molecular flexibility index (Phi) is 4.69. The highest BCUT2D eigenvalue weighted by Gasteiger charge is 2.19. The number of benzene rings is 1. The Bertz CT molecular complexity index is 831. The number of anilines is 1. The van der Waals surface area contributed by atoms with Crippen LogP contribution >= 0.6 is 0 Å². The molecule has 7 heteroatoms. The number of rotatable bonds is 7. The Labute approximate surface area is 139 Å². The van der Waals surface area contributed by atoms with Crippen LogP contribution in [-0.2, 0) is 4.79 Å². The van der Waals surface area contributed by atoms with Gasteiger partial charge in [-0.3, -0.25) is 0 Å². The lowest BCUT2D eigenvalue weighted by Gasteiger charge is -2.15. The summed E-state index contributed by atoms with van der Waals surface area (Å²) in [6.07, 6.45) is 5.40. The van der Waals surface area contributed by atoms with Crippen LogP contribution in [-0.4, -0.2) is 36.9 Å². The Morgan fingerprint density at radius 3 is 2.79 bits per heavy atom. The zero-order valence-corrected chi connectivity index (χ0v) is 13.4. The summed E-state index contributed by atoms with van der Waals surface area (Å²) < 4.78 is 1.71. The van der Waals surface area contributed by atoms with Gasteiger partial charge in [0.15, 0.2) is 5.65 Å². The first kappa shape index (κ1) is 15.9. The van der Waals surface area contributed by atoms with E-state index in [4.69, 9.17) is 0 Å². The van der Waals surface area contributed by atoms with Crippen LogP contribution in [0.5, 0.6) is 0 Å². The molecule has 0 fully saturated rings. The van der Waals surface area contributed by atoms with Crippen molar-refractivity contribution in [1.82, 2.24) is 19.7 Å². The van der Waals surface area contributed by atoms with Gasteiger partial charge in [0.05, 0.1) is 17.3 Å². The van der Waals surface area contributed by atoms with Crippen molar-refractivity contribution in [3.63, 3.8) is 0 Å². The van der Waals surface area contributed by atoms with E-state index in [-0.39, 0.29) is 0 Å². The standard InChI is InChI=1S/C17H19N5O2/c1-2-3-9-14(17(23)24)21-15-13-10-20-22(16(13)19-11-18-15)12-7-5-4-6-8-12/h4-8,10-11,14H,2-3,9H2,1H3,(H,23,24)(H,18,19,21). The van der Waals surface area contributed by atoms with Crippen molar-refractivity contribution in [2.45, 2.75) is 32.2 Å². The number of carboxylic acids is 1. The van der Waals surface area contributed by atoms with Gasteiger partial charge in [-0.1, -0.05) is 38.0 Å². The monoisotopic (exact) mass is 325 g/mol. The number of unbranched alkanes of at least 4 members (excludes halogenated alkanes) is 1. The molecule has 0 saturated carbocycles. The van der Waals surface area contributed by atoms with Crippen LogP contribution in [0.15, 0.2) is 42.9 Å². The van der Waals surface area contributed by atoms with Crippen molar-refractivity contribution >= 4 is 22.8 Å². The number of hydrogen-bond donors (Lipinski definition) is 2. The summed E-state index contributed by atoms with van der Waals surface area (Å²) in [5.74, 6) is -0.392. The number of hydrogen-bond acceptors (Lipinski definition) is 5. The molecule has 1 atom stereocenters. The molecule has 0 bridgehead atoms. The summed E-state index contributed by atoms with van der Waals surface area (Å²) in [5, 5.41) is 17.5. The maximum Gasteiger partial charge on any atom is 0.326 e. The molecule has 3 rings (SSSR count). The first-order chi connectivity index (χ1) is 11.7. The molecule has 0 spiro atoms. The predicted molar refractivity (Wildman–Crippen MR) is 91.2 cm³/mol. The smallest absolute Gasteiger partial charge is 0.326 e. The molecule has 124 valence electrons. The lowest BCUT2D eigenvalue weighted by molar-refractivity contribution is -0.138. The van der Waals surface area contributed by atoms with E-state index in [1.54, 1.807) is 10.9 Å². The van der Waals surface area contributed by atoms with Crippen molar-refractivity contribution in [2.24, 2.45) is 0 Å². The van der Waals surface area contributed by atoms with Crippen molar-refractivity contribution in [1.29, 1.82) is 0 Å². The topological polar surface area (TPSA) is 92.9 Å². The number of para-hydroxylation sites is 1. The van der Waals surface area contributed by atoms with Gasteiger partial charge in [-0.05, 0) is 18.6 Å². The van der Waals surface area contributed by atoms with Crippen molar-refractivity contribution < 1.29 is 9.90 Å². The maximum absolute atomic E-state index is 11.4. The normalized spacial score (nSPS) is 12.2. The Hall–Kier alpha value is -2.96. The molecule has 2 heterocycles. The average Bonchev–Trinajstić information content (AvgIpc) is 3.04. The molecule has 2 aromatic heterocycles. The van der Waals surface area contributed by atoms with E-state index >= 15 is 0 Å². The van der Waals surface area contributed by atoms with E-state index in [1.165, 1.54) is 6.33 Å². The molecule has 2 N–H and O–H groups in total. The molecule has 0 aliphatic rings. The molecular formula is C17H19N5O2. The summed E-state index contributed by atoms with van der Waals surface area (Å²) in [6, 6.07) is 8.97. The maximum atomic E-state index is 11.4. The second-order valence-corrected chi connectivity index (χ2v) is 5.53. The minimum Gasteiger partial charge on any atom is -0.480 e. The number of carboxylic acid groups (broad SMARTS) is 1. The quantitative estimate of drug-likeness (QED) is 0.694. The molecule has 3 aromatic rings. The fourth-order valence-corrected chi connectivity index (χ4v) is 2.55. The molecular weight excluding hydrogens is 306 g/mol. The van der Waals surface area contributed by atoms with Gasteiger partial charge in [-0.25, -0.2) is 19.4 Å². The second-order valence-electron chi connectivity index (χ2n) is 5.53. The van der Waals surface area contributed by atoms with Gasteiger partial charge < -0.3 is 10.4 Å². The van der Waals surface area contributed by atoms with Gasteiger partial charge in [0.1, 0.15) is 18.2 Å². The molecule has 0 saturated heterocycles.